The first kappa shape index (κ1) is 18.9. The number of hydrazine groups is 1. The second kappa shape index (κ2) is 9.73. The summed E-state index contributed by atoms with van der Waals surface area (Å²) in [7, 11) is 0. The molecule has 0 amide bonds. The number of nitrogens with two attached hydrogens (primary N) is 1. The summed E-state index contributed by atoms with van der Waals surface area (Å²) >= 11 is 0. The molecule has 0 aromatic rings. The van der Waals surface area contributed by atoms with E-state index in [4.69, 9.17) is 10.6 Å². The summed E-state index contributed by atoms with van der Waals surface area (Å²) in [6.45, 7) is 14.0. The van der Waals surface area contributed by atoms with Crippen LogP contribution < -0.4 is 11.3 Å². The number of ether oxygens (including phenoxy) is 1. The van der Waals surface area contributed by atoms with Crippen molar-refractivity contribution in [2.24, 2.45) is 17.2 Å². The summed E-state index contributed by atoms with van der Waals surface area (Å²) in [4.78, 5) is 0. The minimum Gasteiger partial charge on any atom is -0.376 e. The van der Waals surface area contributed by atoms with Crippen LogP contribution in [0.1, 0.15) is 73.6 Å². The molecule has 19 heavy (non-hydrogen) atoms. The Hall–Kier alpha value is -0.120. The fourth-order valence-corrected chi connectivity index (χ4v) is 2.77. The molecule has 0 heterocycles. The van der Waals surface area contributed by atoms with Crippen molar-refractivity contribution in [2.75, 3.05) is 6.61 Å². The molecule has 3 atom stereocenters. The van der Waals surface area contributed by atoms with Gasteiger partial charge in [0.15, 0.2) is 0 Å². The second-order valence-electron chi connectivity index (χ2n) is 6.67. The van der Waals surface area contributed by atoms with E-state index in [1.807, 2.05) is 0 Å². The zero-order chi connectivity index (χ0) is 14.9. The molecule has 0 aromatic carbocycles. The van der Waals surface area contributed by atoms with Crippen molar-refractivity contribution in [3.05, 3.63) is 0 Å². The third-order valence-corrected chi connectivity index (χ3v) is 3.91. The van der Waals surface area contributed by atoms with E-state index in [1.54, 1.807) is 0 Å². The summed E-state index contributed by atoms with van der Waals surface area (Å²) in [5, 5.41) is 0. The first-order valence-corrected chi connectivity index (χ1v) is 7.98. The number of unbranched alkanes of at least 4 members (excludes halogenated alkanes) is 1. The molecule has 3 nitrogen and oxygen atoms in total. The van der Waals surface area contributed by atoms with Crippen molar-refractivity contribution in [1.29, 1.82) is 0 Å². The van der Waals surface area contributed by atoms with Crippen molar-refractivity contribution in [3.8, 4) is 0 Å². The Morgan fingerprint density at radius 3 is 2.16 bits per heavy atom. The number of hydrogen-bond acceptors (Lipinski definition) is 3. The topological polar surface area (TPSA) is 47.3 Å². The lowest BCUT2D eigenvalue weighted by Gasteiger charge is -2.38. The number of rotatable bonds is 10. The smallest absolute Gasteiger partial charge is 0.0789 e. The number of hydrogen-bond donors (Lipinski definition) is 2. The molecular weight excluding hydrogens is 236 g/mol. The standard InChI is InChI=1S/C16H36N2O/c1-7-10-11-13(8-2)12-14(18-17)15(19-9-3)16(4,5)6/h13-15,18H,7-12,17H2,1-6H3. The molecule has 3 N–H and O–H groups in total. The fraction of sp³-hybridized carbons (Fsp3) is 1.00. The van der Waals surface area contributed by atoms with E-state index in [0.717, 1.165) is 18.9 Å². The molecule has 0 aliphatic rings. The van der Waals surface area contributed by atoms with Crippen LogP contribution in [0.5, 0.6) is 0 Å². The van der Waals surface area contributed by atoms with Crippen LogP contribution in [-0.4, -0.2) is 18.8 Å². The second-order valence-corrected chi connectivity index (χ2v) is 6.67. The van der Waals surface area contributed by atoms with Gasteiger partial charge in [0, 0.05) is 12.6 Å². The number of nitrogens with one attached hydrogen (secondary N) is 1. The summed E-state index contributed by atoms with van der Waals surface area (Å²) in [6, 6.07) is 0.238. The van der Waals surface area contributed by atoms with Gasteiger partial charge in [0.25, 0.3) is 0 Å². The van der Waals surface area contributed by atoms with E-state index in [0.29, 0.717) is 0 Å². The zero-order valence-electron chi connectivity index (χ0n) is 14.0. The zero-order valence-corrected chi connectivity index (χ0v) is 14.0. The molecule has 0 aliphatic carbocycles. The van der Waals surface area contributed by atoms with E-state index in [1.165, 1.54) is 25.7 Å². The highest BCUT2D eigenvalue weighted by molar-refractivity contribution is 4.86. The van der Waals surface area contributed by atoms with Gasteiger partial charge >= 0.3 is 0 Å². The maximum Gasteiger partial charge on any atom is 0.0789 e. The van der Waals surface area contributed by atoms with Crippen LogP contribution in [-0.2, 0) is 4.74 Å². The normalized spacial score (nSPS) is 17.2. The van der Waals surface area contributed by atoms with Crippen LogP contribution in [0, 0.1) is 11.3 Å². The van der Waals surface area contributed by atoms with Crippen LogP contribution >= 0.6 is 0 Å². The van der Waals surface area contributed by atoms with Crippen LogP contribution in [0.3, 0.4) is 0 Å². The molecule has 0 aromatic heterocycles. The Bertz CT molecular complexity index is 213. The predicted molar refractivity (Wildman–Crippen MR) is 83.9 cm³/mol. The van der Waals surface area contributed by atoms with Gasteiger partial charge in [-0.1, -0.05) is 60.3 Å². The Morgan fingerprint density at radius 2 is 1.79 bits per heavy atom. The Balaban J connectivity index is 4.65. The van der Waals surface area contributed by atoms with Crippen LogP contribution in [0.4, 0.5) is 0 Å². The summed E-state index contributed by atoms with van der Waals surface area (Å²) < 4.78 is 5.97. The Morgan fingerprint density at radius 1 is 1.16 bits per heavy atom. The molecule has 0 radical (unpaired) electrons. The third kappa shape index (κ3) is 7.28. The van der Waals surface area contributed by atoms with Crippen LogP contribution in [0.2, 0.25) is 0 Å². The third-order valence-electron chi connectivity index (χ3n) is 3.91. The van der Waals surface area contributed by atoms with Gasteiger partial charge in [-0.05, 0) is 24.7 Å². The molecule has 3 unspecified atom stereocenters. The molecular formula is C16H36N2O. The first-order chi connectivity index (χ1) is 8.90. The molecule has 0 saturated carbocycles. The van der Waals surface area contributed by atoms with Gasteiger partial charge in [-0.2, -0.15) is 0 Å². The average molecular weight is 272 g/mol. The van der Waals surface area contributed by atoms with Crippen molar-refractivity contribution in [2.45, 2.75) is 85.8 Å². The van der Waals surface area contributed by atoms with Gasteiger partial charge in [-0.15, -0.1) is 0 Å². The molecule has 0 fully saturated rings. The molecule has 0 spiro atoms. The van der Waals surface area contributed by atoms with E-state index in [2.05, 4.69) is 47.0 Å². The fourth-order valence-electron chi connectivity index (χ4n) is 2.77. The lowest BCUT2D eigenvalue weighted by Crippen LogP contribution is -2.51. The lowest BCUT2D eigenvalue weighted by atomic mass is 9.80. The van der Waals surface area contributed by atoms with Gasteiger partial charge in [0.1, 0.15) is 0 Å². The monoisotopic (exact) mass is 272 g/mol. The van der Waals surface area contributed by atoms with Crippen molar-refractivity contribution >= 4 is 0 Å². The SMILES string of the molecule is CCCCC(CC)CC(NN)C(OCC)C(C)(C)C. The van der Waals surface area contributed by atoms with E-state index >= 15 is 0 Å². The van der Waals surface area contributed by atoms with Crippen molar-refractivity contribution < 1.29 is 4.74 Å². The summed E-state index contributed by atoms with van der Waals surface area (Å²) in [5.41, 5.74) is 3.12. The highest BCUT2D eigenvalue weighted by Crippen LogP contribution is 2.29. The average Bonchev–Trinajstić information content (AvgIpc) is 2.36. The quantitative estimate of drug-likeness (QED) is 0.469. The highest BCUT2D eigenvalue weighted by Gasteiger charge is 2.33. The molecule has 0 rings (SSSR count). The summed E-state index contributed by atoms with van der Waals surface area (Å²) in [6.07, 6.45) is 6.37. The maximum absolute atomic E-state index is 5.97. The Labute approximate surface area is 120 Å². The predicted octanol–water partition coefficient (Wildman–Crippen LogP) is 3.88. The van der Waals surface area contributed by atoms with Gasteiger partial charge in [0.2, 0.25) is 0 Å². The van der Waals surface area contributed by atoms with Crippen LogP contribution in [0.15, 0.2) is 0 Å². The first-order valence-electron chi connectivity index (χ1n) is 7.98. The molecule has 0 aliphatic heterocycles. The van der Waals surface area contributed by atoms with Crippen LogP contribution in [0.25, 0.3) is 0 Å². The molecule has 116 valence electrons. The maximum atomic E-state index is 5.97. The van der Waals surface area contributed by atoms with Gasteiger partial charge in [-0.3, -0.25) is 11.3 Å². The van der Waals surface area contributed by atoms with Gasteiger partial charge < -0.3 is 4.74 Å². The van der Waals surface area contributed by atoms with Crippen molar-refractivity contribution in [3.63, 3.8) is 0 Å². The summed E-state index contributed by atoms with van der Waals surface area (Å²) in [5.74, 6) is 6.54. The van der Waals surface area contributed by atoms with Crippen molar-refractivity contribution in [1.82, 2.24) is 5.43 Å². The molecule has 0 saturated heterocycles. The highest BCUT2D eigenvalue weighted by atomic mass is 16.5. The minimum atomic E-state index is 0.107. The Kier molecular flexibility index (Phi) is 9.67. The molecule has 3 heteroatoms. The van der Waals surface area contributed by atoms with E-state index in [9.17, 15) is 0 Å². The largest absolute Gasteiger partial charge is 0.376 e. The minimum absolute atomic E-state index is 0.107. The molecule has 0 bridgehead atoms. The lowest BCUT2D eigenvalue weighted by molar-refractivity contribution is -0.0410. The van der Waals surface area contributed by atoms with Gasteiger partial charge in [0.05, 0.1) is 6.10 Å². The van der Waals surface area contributed by atoms with Gasteiger partial charge in [-0.25, -0.2) is 0 Å². The van der Waals surface area contributed by atoms with E-state index in [-0.39, 0.29) is 17.6 Å². The van der Waals surface area contributed by atoms with E-state index < -0.39 is 0 Å².